The van der Waals surface area contributed by atoms with Gasteiger partial charge in [0.25, 0.3) is 0 Å². The number of carbonyl (C=O) groups excluding carboxylic acids is 4. The lowest BCUT2D eigenvalue weighted by molar-refractivity contribution is -0.161. The first-order chi connectivity index (χ1) is 51.7. The SMILES string of the molecule is CCCCC/C=C\C/C=C\C/C=C\C/C=C\C/C=C\CCC(=O)OC[C@H](COP(=O)(O)OC[C@@H](O)COP(=O)(O)OC[C@@H](COC(=O)CCCCCCC/C=C\C/C=C\CCCCC)OC(=O)CC/C=C\C/C=C\C/C=C\C/C=C\C/C=C\CCCCC)OC(=O)CCCCCCC/C=C\CCCCCC. The van der Waals surface area contributed by atoms with Crippen molar-refractivity contribution in [3.05, 3.63) is 158 Å². The van der Waals surface area contributed by atoms with Crippen LogP contribution in [0.3, 0.4) is 0 Å². The van der Waals surface area contributed by atoms with E-state index in [1.807, 2.05) is 36.5 Å². The van der Waals surface area contributed by atoms with Crippen molar-refractivity contribution in [2.24, 2.45) is 0 Å². The molecule has 0 aromatic carbocycles. The van der Waals surface area contributed by atoms with Crippen LogP contribution in [0.4, 0.5) is 0 Å². The fourth-order valence-corrected chi connectivity index (χ4v) is 11.8. The summed E-state index contributed by atoms with van der Waals surface area (Å²) in [5.74, 6) is -2.40. The molecule has 0 heterocycles. The molecule has 0 bridgehead atoms. The third kappa shape index (κ3) is 76.9. The highest BCUT2D eigenvalue weighted by Gasteiger charge is 2.30. The summed E-state index contributed by atoms with van der Waals surface area (Å²) < 4.78 is 68.4. The second kappa shape index (κ2) is 77.8. The number of aliphatic hydroxyl groups excluding tert-OH is 1. The maximum atomic E-state index is 13.1. The molecular weight excluding hydrogens is 1380 g/mol. The van der Waals surface area contributed by atoms with E-state index in [1.54, 1.807) is 0 Å². The molecule has 19 heteroatoms. The number of carbonyl (C=O) groups is 4. The Bertz CT molecular complexity index is 2630. The third-order valence-electron chi connectivity index (χ3n) is 16.5. The van der Waals surface area contributed by atoms with Gasteiger partial charge in [-0.2, -0.15) is 0 Å². The number of aliphatic hydroxyl groups is 1. The van der Waals surface area contributed by atoms with Crippen LogP contribution in [0.1, 0.15) is 310 Å². The summed E-state index contributed by atoms with van der Waals surface area (Å²) in [6, 6.07) is 0. The average molecular weight is 1520 g/mol. The Kier molecular flexibility index (Phi) is 73.9. The first kappa shape index (κ1) is 101. The van der Waals surface area contributed by atoms with Crippen molar-refractivity contribution < 1.29 is 80.2 Å². The number of ether oxygens (including phenoxy) is 4. The van der Waals surface area contributed by atoms with Gasteiger partial charge in [-0.15, -0.1) is 0 Å². The Labute approximate surface area is 642 Å². The van der Waals surface area contributed by atoms with E-state index >= 15 is 0 Å². The van der Waals surface area contributed by atoms with Gasteiger partial charge in [-0.25, -0.2) is 9.13 Å². The molecule has 604 valence electrons. The molecule has 0 fully saturated rings. The average Bonchev–Trinajstić information content (AvgIpc) is 0.899. The van der Waals surface area contributed by atoms with E-state index in [2.05, 4.69) is 149 Å². The second-order valence-electron chi connectivity index (χ2n) is 26.6. The molecule has 0 spiro atoms. The van der Waals surface area contributed by atoms with E-state index in [4.69, 9.17) is 37.0 Å². The fourth-order valence-electron chi connectivity index (χ4n) is 10.2. The number of hydrogen-bond donors (Lipinski definition) is 3. The summed E-state index contributed by atoms with van der Waals surface area (Å²) in [5, 5.41) is 10.6. The minimum atomic E-state index is -5.01. The number of rotatable bonds is 75. The largest absolute Gasteiger partial charge is 0.472 e. The summed E-state index contributed by atoms with van der Waals surface area (Å²) in [6.45, 7) is 4.58. The summed E-state index contributed by atoms with van der Waals surface area (Å²) in [4.78, 5) is 73.0. The van der Waals surface area contributed by atoms with Crippen LogP contribution in [0, 0.1) is 0 Å². The lowest BCUT2D eigenvalue weighted by Gasteiger charge is -2.21. The van der Waals surface area contributed by atoms with Gasteiger partial charge in [-0.3, -0.25) is 37.3 Å². The molecule has 0 amide bonds. The fraction of sp³-hybridized carbons (Fsp3) is 0.655. The van der Waals surface area contributed by atoms with Crippen LogP contribution >= 0.6 is 15.6 Å². The van der Waals surface area contributed by atoms with Crippen molar-refractivity contribution in [3.8, 4) is 0 Å². The summed E-state index contributed by atoms with van der Waals surface area (Å²) in [5.41, 5.74) is 0. The number of phosphoric ester groups is 2. The molecule has 2 unspecified atom stereocenters. The summed E-state index contributed by atoms with van der Waals surface area (Å²) >= 11 is 0. The number of allylic oxidation sites excluding steroid dienone is 26. The lowest BCUT2D eigenvalue weighted by Crippen LogP contribution is -2.30. The van der Waals surface area contributed by atoms with E-state index in [1.165, 1.54) is 83.5 Å². The first-order valence-corrected chi connectivity index (χ1v) is 43.7. The monoisotopic (exact) mass is 1520 g/mol. The molecule has 0 rings (SSSR count). The van der Waals surface area contributed by atoms with E-state index in [-0.39, 0.29) is 25.7 Å². The maximum Gasteiger partial charge on any atom is 0.472 e. The van der Waals surface area contributed by atoms with Crippen molar-refractivity contribution >= 4 is 39.5 Å². The van der Waals surface area contributed by atoms with Crippen LogP contribution in [-0.4, -0.2) is 96.7 Å². The molecule has 17 nitrogen and oxygen atoms in total. The van der Waals surface area contributed by atoms with Crippen molar-refractivity contribution in [2.75, 3.05) is 39.6 Å². The van der Waals surface area contributed by atoms with Crippen molar-refractivity contribution in [1.82, 2.24) is 0 Å². The van der Waals surface area contributed by atoms with Gasteiger partial charge in [0, 0.05) is 25.7 Å². The number of esters is 4. The smallest absolute Gasteiger partial charge is 0.462 e. The van der Waals surface area contributed by atoms with Gasteiger partial charge in [0.2, 0.25) is 0 Å². The predicted molar refractivity (Wildman–Crippen MR) is 436 cm³/mol. The predicted octanol–water partition coefficient (Wildman–Crippen LogP) is 24.0. The molecule has 0 aromatic rings. The van der Waals surface area contributed by atoms with Crippen LogP contribution in [0.15, 0.2) is 158 Å². The summed E-state index contributed by atoms with van der Waals surface area (Å²) in [6.07, 6.45) is 91.1. The highest BCUT2D eigenvalue weighted by molar-refractivity contribution is 7.47. The van der Waals surface area contributed by atoms with E-state index in [9.17, 15) is 43.2 Å². The Morgan fingerprint density at radius 2 is 0.481 bits per heavy atom. The van der Waals surface area contributed by atoms with Gasteiger partial charge >= 0.3 is 39.5 Å². The number of phosphoric acid groups is 2. The Morgan fingerprint density at radius 3 is 0.811 bits per heavy atom. The van der Waals surface area contributed by atoms with Crippen LogP contribution in [-0.2, 0) is 65.4 Å². The van der Waals surface area contributed by atoms with Gasteiger partial charge in [-0.05, 0) is 161 Å². The van der Waals surface area contributed by atoms with Gasteiger partial charge < -0.3 is 33.8 Å². The Hall–Kier alpha value is -5.32. The zero-order valence-corrected chi connectivity index (χ0v) is 67.8. The molecule has 0 aliphatic carbocycles. The zero-order chi connectivity index (χ0) is 77.4. The first-order valence-electron chi connectivity index (χ1n) is 40.7. The van der Waals surface area contributed by atoms with Crippen LogP contribution in [0.2, 0.25) is 0 Å². The molecule has 3 N–H and O–H groups in total. The zero-order valence-electron chi connectivity index (χ0n) is 66.1. The topological polar surface area (TPSA) is 237 Å². The van der Waals surface area contributed by atoms with Gasteiger partial charge in [0.05, 0.1) is 26.4 Å². The molecule has 0 aliphatic rings. The molecule has 5 atom stereocenters. The van der Waals surface area contributed by atoms with Gasteiger partial charge in [0.1, 0.15) is 19.3 Å². The molecule has 0 saturated heterocycles. The highest BCUT2D eigenvalue weighted by Crippen LogP contribution is 2.45. The van der Waals surface area contributed by atoms with Crippen molar-refractivity contribution in [2.45, 2.75) is 329 Å². The molecule has 0 aromatic heterocycles. The minimum Gasteiger partial charge on any atom is -0.462 e. The Morgan fingerprint density at radius 1 is 0.264 bits per heavy atom. The van der Waals surface area contributed by atoms with Crippen LogP contribution in [0.25, 0.3) is 0 Å². The maximum absolute atomic E-state index is 13.1. The van der Waals surface area contributed by atoms with Crippen molar-refractivity contribution in [3.63, 3.8) is 0 Å². The number of unbranched alkanes of at least 4 members (excludes halogenated alkanes) is 23. The minimum absolute atomic E-state index is 0.0304. The molecular formula is C87H144O17P2. The quantitative estimate of drug-likeness (QED) is 0.0169. The van der Waals surface area contributed by atoms with Gasteiger partial charge in [-0.1, -0.05) is 282 Å². The van der Waals surface area contributed by atoms with Gasteiger partial charge in [0.15, 0.2) is 12.2 Å². The summed E-state index contributed by atoms with van der Waals surface area (Å²) in [7, 11) is -10.0. The van der Waals surface area contributed by atoms with Crippen molar-refractivity contribution in [1.29, 1.82) is 0 Å². The van der Waals surface area contributed by atoms with Crippen LogP contribution < -0.4 is 0 Å². The molecule has 0 radical (unpaired) electrons. The third-order valence-corrected chi connectivity index (χ3v) is 18.4. The van der Waals surface area contributed by atoms with E-state index < -0.39 is 97.5 Å². The second-order valence-corrected chi connectivity index (χ2v) is 29.5. The van der Waals surface area contributed by atoms with E-state index in [0.717, 1.165) is 135 Å². The van der Waals surface area contributed by atoms with Crippen LogP contribution in [0.5, 0.6) is 0 Å². The lowest BCUT2D eigenvalue weighted by atomic mass is 10.1. The highest BCUT2D eigenvalue weighted by atomic mass is 31.2. The normalized spacial score (nSPS) is 14.7. The molecule has 0 saturated carbocycles. The number of hydrogen-bond acceptors (Lipinski definition) is 15. The molecule has 106 heavy (non-hydrogen) atoms. The Balaban J connectivity index is 5.51. The standard InChI is InChI=1S/C87H144O17P2/c1-5-9-13-17-21-25-29-33-36-38-40-42-45-49-52-56-60-64-68-72-85(90)98-77-82(103-86(91)73-69-65-61-57-53-47-32-28-24-20-16-12-8-4)79-101-105(93,94)99-75-81(88)76-100-106(95,96)102-80-83(78-97-84(89)71-67-63-59-55-51-48-44-35-31-27-23-19-15-11-7-3)104-87(92)74-70-66-62-58-54-50-46-43-41-39-37-34-30-26-22-18-14-10-6-2/h21-23,25-28,32-37,40-44,49-50,52,54,60,62,64,66,81-83,88H,5-20,24,29-31,38-39,45-48,51,53,55-59,61,63,65,67-80H2,1-4H3,(H,93,94)(H,95,96)/b25-21-,26-22-,27-23-,32-28-,36-33-,37-34-,42-40-,43-41-,44-35-,52-49-,54-50-,64-60-,66-62-/t81-,82-,83-/m1/s1. The van der Waals surface area contributed by atoms with E-state index in [0.29, 0.717) is 38.5 Å². The molecule has 0 aliphatic heterocycles.